The minimum atomic E-state index is -0.267. The first-order valence-corrected chi connectivity index (χ1v) is 29.7. The minimum absolute atomic E-state index is 0.0336. The number of rotatable bonds is 9. The molecule has 0 N–H and O–H groups in total. The number of fused-ring (bicyclic) bond motifs is 10. The van der Waals surface area contributed by atoms with Crippen LogP contribution < -0.4 is 9.80 Å². The van der Waals surface area contributed by atoms with Crippen molar-refractivity contribution < 1.29 is 0 Å². The minimum Gasteiger partial charge on any atom is -0.310 e. The van der Waals surface area contributed by atoms with Crippen LogP contribution in [0.3, 0.4) is 0 Å². The van der Waals surface area contributed by atoms with Crippen molar-refractivity contribution in [3.05, 3.63) is 283 Å². The summed E-state index contributed by atoms with van der Waals surface area (Å²) in [5.74, 6) is 0. The van der Waals surface area contributed by atoms with Crippen molar-refractivity contribution in [3.63, 3.8) is 0 Å². The molecule has 1 aliphatic carbocycles. The fourth-order valence-electron chi connectivity index (χ4n) is 13.6. The number of aromatic nitrogens is 1. The van der Waals surface area contributed by atoms with Gasteiger partial charge in [-0.2, -0.15) is 0 Å². The quantitative estimate of drug-likeness (QED) is 0.143. The third-order valence-corrected chi connectivity index (χ3v) is 18.2. The molecule has 15 rings (SSSR count). The maximum atomic E-state index is 2.57. The Morgan fingerprint density at radius 2 is 0.690 bits per heavy atom. The summed E-state index contributed by atoms with van der Waals surface area (Å²) >= 11 is 0. The van der Waals surface area contributed by atoms with Crippen LogP contribution in [0.2, 0.25) is 0 Å². The summed E-state index contributed by atoms with van der Waals surface area (Å²) in [6.45, 7) is 18.5. The van der Waals surface area contributed by atoms with Crippen LogP contribution >= 0.6 is 0 Å². The van der Waals surface area contributed by atoms with Gasteiger partial charge in [-0.1, -0.05) is 207 Å². The number of hydrogen-bond acceptors (Lipinski definition) is 2. The van der Waals surface area contributed by atoms with E-state index in [9.17, 15) is 0 Å². The fraction of sp³-hybridized carbons (Fsp3) is 0.136. The molecule has 3 heteroatoms. The predicted molar refractivity (Wildman–Crippen MR) is 359 cm³/mol. The van der Waals surface area contributed by atoms with Gasteiger partial charge < -0.3 is 14.2 Å². The molecule has 0 saturated carbocycles. The lowest BCUT2D eigenvalue weighted by molar-refractivity contribution is 0.590. The Bertz CT molecular complexity index is 4810. The fourth-order valence-corrected chi connectivity index (χ4v) is 13.6. The van der Waals surface area contributed by atoms with Gasteiger partial charge >= 0.3 is 0 Å². The average molecular weight is 1080 g/mol. The van der Waals surface area contributed by atoms with E-state index in [-0.39, 0.29) is 16.2 Å². The summed E-state index contributed by atoms with van der Waals surface area (Å²) in [7, 11) is 0. The highest BCUT2D eigenvalue weighted by atomic mass is 15.1. The Hall–Kier alpha value is -9.70. The summed E-state index contributed by atoms with van der Waals surface area (Å²) in [5.41, 5.74) is 25.4. The summed E-state index contributed by atoms with van der Waals surface area (Å²) in [5, 5.41) is 7.53. The highest BCUT2D eigenvalue weighted by Gasteiger charge is 2.37. The number of nitrogens with zero attached hydrogens (tertiary/aromatic N) is 3. The van der Waals surface area contributed by atoms with E-state index in [1.807, 2.05) is 0 Å². The summed E-state index contributed by atoms with van der Waals surface area (Å²) in [6.07, 6.45) is 0. The van der Waals surface area contributed by atoms with Crippen LogP contribution in [0.1, 0.15) is 77.6 Å². The first-order valence-electron chi connectivity index (χ1n) is 29.7. The van der Waals surface area contributed by atoms with Crippen molar-refractivity contribution in [3.8, 4) is 44.5 Å². The van der Waals surface area contributed by atoms with Crippen LogP contribution in [-0.4, -0.2) is 4.40 Å². The van der Waals surface area contributed by atoms with Gasteiger partial charge in [-0.3, -0.25) is 0 Å². The molecule has 0 unspecified atom stereocenters. The van der Waals surface area contributed by atoms with Gasteiger partial charge in [0.1, 0.15) is 0 Å². The van der Waals surface area contributed by atoms with Gasteiger partial charge in [0.2, 0.25) is 0 Å². The highest BCUT2D eigenvalue weighted by molar-refractivity contribution is 6.26. The molecular formula is C81H67N3. The SMILES string of the molecule is CC(C)(C)c1ccc(N(c2ccc(-c3ccccc3)cc2)c2ccc3c(c2)C(C)(C)c2cc4cc5c(cc4cc2-3)c2cc(-c3ccccc3)cc3c4ccc(N(c6ccc(-c7ccccc7)cc6)c6ccc(C(C)(C)C)cc6)cc4n5c32)cc1. The molecule has 406 valence electrons. The van der Waals surface area contributed by atoms with E-state index >= 15 is 0 Å². The second kappa shape index (κ2) is 19.2. The normalized spacial score (nSPS) is 13.1. The van der Waals surface area contributed by atoms with Crippen molar-refractivity contribution in [2.75, 3.05) is 9.80 Å². The standard InChI is InChI=1S/C81H67N3/c1-79(2,3)60-28-36-64(37-29-60)82(62-32-24-55(25-33-62)52-18-12-9-13-19-52)66-40-42-68-70-44-58-45-71-73-47-57(54-22-16-11-17-23-54)46-72-69-43-41-67(51-77(69)84(78(72)73)76(71)49-59(58)48-74(70)81(7,8)75(68)50-66)83(65-38-30-61(31-39-65)80(4,5)6)63-34-26-56(27-35-63)53-20-14-10-15-21-53/h9-51H,1-8H3. The third-order valence-electron chi connectivity index (χ3n) is 18.2. The molecule has 14 aromatic rings. The maximum Gasteiger partial charge on any atom is 0.0620 e. The second-order valence-corrected chi connectivity index (χ2v) is 25.9. The smallest absolute Gasteiger partial charge is 0.0620 e. The Labute approximate surface area is 493 Å². The summed E-state index contributed by atoms with van der Waals surface area (Å²) in [4.78, 5) is 4.86. The molecule has 0 amide bonds. The summed E-state index contributed by atoms with van der Waals surface area (Å²) in [6, 6.07) is 97.8. The summed E-state index contributed by atoms with van der Waals surface area (Å²) < 4.78 is 2.57. The zero-order valence-electron chi connectivity index (χ0n) is 49.2. The van der Waals surface area contributed by atoms with Crippen LogP contribution in [0.4, 0.5) is 34.1 Å². The Morgan fingerprint density at radius 1 is 0.298 bits per heavy atom. The van der Waals surface area contributed by atoms with Gasteiger partial charge in [0.05, 0.1) is 16.6 Å². The topological polar surface area (TPSA) is 10.9 Å². The Kier molecular flexibility index (Phi) is 11.7. The van der Waals surface area contributed by atoms with E-state index < -0.39 is 0 Å². The predicted octanol–water partition coefficient (Wildman–Crippen LogP) is 22.8. The van der Waals surface area contributed by atoms with Gasteiger partial charge in [-0.15, -0.1) is 0 Å². The van der Waals surface area contributed by atoms with Gasteiger partial charge in [-0.05, 0) is 198 Å². The van der Waals surface area contributed by atoms with Gasteiger partial charge in [0.15, 0.2) is 0 Å². The Morgan fingerprint density at radius 3 is 1.19 bits per heavy atom. The van der Waals surface area contributed by atoms with Gasteiger partial charge in [0.25, 0.3) is 0 Å². The Balaban J connectivity index is 0.890. The molecule has 0 radical (unpaired) electrons. The molecule has 0 spiro atoms. The first kappa shape index (κ1) is 51.2. The number of benzene rings is 12. The molecular weight excluding hydrogens is 1010 g/mol. The van der Waals surface area contributed by atoms with Crippen LogP contribution in [0.15, 0.2) is 261 Å². The van der Waals surface area contributed by atoms with E-state index in [1.165, 1.54) is 116 Å². The monoisotopic (exact) mass is 1080 g/mol. The third kappa shape index (κ3) is 8.47. The largest absolute Gasteiger partial charge is 0.310 e. The van der Waals surface area contributed by atoms with Crippen molar-refractivity contribution in [2.45, 2.75) is 71.6 Å². The van der Waals surface area contributed by atoms with Crippen LogP contribution in [-0.2, 0) is 16.2 Å². The molecule has 12 aromatic carbocycles. The molecule has 2 aromatic heterocycles. The number of hydrogen-bond donors (Lipinski definition) is 0. The zero-order valence-corrected chi connectivity index (χ0v) is 49.2. The molecule has 0 aliphatic heterocycles. The number of anilines is 6. The molecule has 0 fully saturated rings. The lowest BCUT2D eigenvalue weighted by Crippen LogP contribution is -2.17. The lowest BCUT2D eigenvalue weighted by atomic mass is 9.81. The maximum absolute atomic E-state index is 2.57. The molecule has 1 aliphatic rings. The molecule has 84 heavy (non-hydrogen) atoms. The van der Waals surface area contributed by atoms with E-state index in [4.69, 9.17) is 0 Å². The van der Waals surface area contributed by atoms with E-state index in [0.717, 1.165) is 34.1 Å². The average Bonchev–Trinajstić information content (AvgIpc) is 1.64. The molecule has 0 bridgehead atoms. The molecule has 0 saturated heterocycles. The van der Waals surface area contributed by atoms with Crippen molar-refractivity contribution in [1.82, 2.24) is 4.40 Å². The van der Waals surface area contributed by atoms with Crippen molar-refractivity contribution in [2.24, 2.45) is 0 Å². The zero-order chi connectivity index (χ0) is 57.2. The van der Waals surface area contributed by atoms with Gasteiger partial charge in [-0.25, -0.2) is 0 Å². The van der Waals surface area contributed by atoms with Crippen LogP contribution in [0.5, 0.6) is 0 Å². The second-order valence-electron chi connectivity index (χ2n) is 25.9. The van der Waals surface area contributed by atoms with Gasteiger partial charge in [0, 0.05) is 61.1 Å². The molecule has 3 nitrogen and oxygen atoms in total. The first-order chi connectivity index (χ1) is 40.6. The molecule has 0 atom stereocenters. The van der Waals surface area contributed by atoms with E-state index in [1.54, 1.807) is 0 Å². The van der Waals surface area contributed by atoms with E-state index in [2.05, 4.69) is 330 Å². The highest BCUT2D eigenvalue weighted by Crippen LogP contribution is 2.53. The lowest BCUT2D eigenvalue weighted by Gasteiger charge is -2.29. The van der Waals surface area contributed by atoms with Crippen molar-refractivity contribution >= 4 is 83.0 Å². The van der Waals surface area contributed by atoms with Crippen molar-refractivity contribution in [1.29, 1.82) is 0 Å². The van der Waals surface area contributed by atoms with Crippen LogP contribution in [0.25, 0.3) is 93.4 Å². The van der Waals surface area contributed by atoms with E-state index in [0.29, 0.717) is 0 Å². The van der Waals surface area contributed by atoms with Crippen LogP contribution in [0, 0.1) is 0 Å². The molecule has 2 heterocycles.